The van der Waals surface area contributed by atoms with Gasteiger partial charge in [-0.1, -0.05) is 36.2 Å². The zero-order valence-corrected chi connectivity index (χ0v) is 21.2. The number of piperidine rings is 1. The maximum absolute atomic E-state index is 13.3. The van der Waals surface area contributed by atoms with Crippen molar-refractivity contribution in [3.63, 3.8) is 0 Å². The molecule has 2 aromatic carbocycles. The Kier molecular flexibility index (Phi) is 7.15. The molecule has 0 unspecified atom stereocenters. The molecule has 2 heterocycles. The number of alkyl halides is 3. The van der Waals surface area contributed by atoms with Gasteiger partial charge in [0.15, 0.2) is 0 Å². The molecule has 188 valence electrons. The summed E-state index contributed by atoms with van der Waals surface area (Å²) in [5.41, 5.74) is 2.85. The van der Waals surface area contributed by atoms with E-state index in [0.29, 0.717) is 53.6 Å². The van der Waals surface area contributed by atoms with E-state index in [-0.39, 0.29) is 11.8 Å². The minimum atomic E-state index is -4.42. The van der Waals surface area contributed by atoms with Crippen molar-refractivity contribution in [2.75, 3.05) is 13.1 Å². The van der Waals surface area contributed by atoms with Gasteiger partial charge >= 0.3 is 12.1 Å². The number of hydrogen-bond acceptors (Lipinski definition) is 2. The summed E-state index contributed by atoms with van der Waals surface area (Å²) in [4.78, 5) is 13.6. The monoisotopic (exact) mass is 526 g/mol. The molecule has 0 spiro atoms. The molecule has 4 nitrogen and oxygen atoms in total. The number of halogens is 5. The van der Waals surface area contributed by atoms with E-state index in [9.17, 15) is 23.1 Å². The lowest BCUT2D eigenvalue weighted by atomic mass is 9.87. The Morgan fingerprint density at radius 2 is 1.91 bits per heavy atom. The van der Waals surface area contributed by atoms with Crippen molar-refractivity contribution in [1.82, 2.24) is 9.47 Å². The summed E-state index contributed by atoms with van der Waals surface area (Å²) in [5, 5.41) is 11.2. The molecule has 0 saturated carbocycles. The maximum Gasteiger partial charge on any atom is 0.416 e. The third kappa shape index (κ3) is 5.18. The van der Waals surface area contributed by atoms with E-state index >= 15 is 0 Å². The van der Waals surface area contributed by atoms with Gasteiger partial charge in [0.1, 0.15) is 0 Å². The van der Waals surface area contributed by atoms with Gasteiger partial charge in [-0.25, -0.2) is 0 Å². The first-order valence-corrected chi connectivity index (χ1v) is 12.2. The summed E-state index contributed by atoms with van der Waals surface area (Å²) in [5.74, 6) is -1.06. The van der Waals surface area contributed by atoms with E-state index in [1.807, 2.05) is 19.2 Å². The topological polar surface area (TPSA) is 45.5 Å². The minimum Gasteiger partial charge on any atom is -0.481 e. The standard InChI is InChI=1S/C26H27Cl2F3N2O2/c1-14-8-18(26(29,30)31)10-22-23(14)17(12-32(22)3)9-20-21(27)5-4-16(24(20)28)13-33-7-6-19(25(34)35)15(2)11-33/h4-5,8,10,12,15,19H,6-7,9,11,13H2,1-3H3,(H,34,35)/t15-,19+/m0/s1. The van der Waals surface area contributed by atoms with Crippen molar-refractivity contribution in [3.8, 4) is 0 Å². The molecular formula is C26H27Cl2F3N2O2. The molecule has 1 fully saturated rings. The summed E-state index contributed by atoms with van der Waals surface area (Å²) < 4.78 is 41.7. The van der Waals surface area contributed by atoms with Gasteiger partial charge in [-0.15, -0.1) is 0 Å². The number of hydrogen-bond donors (Lipinski definition) is 1. The number of carboxylic acids is 1. The molecule has 0 amide bonds. The van der Waals surface area contributed by atoms with Gasteiger partial charge in [0.2, 0.25) is 0 Å². The first-order valence-electron chi connectivity index (χ1n) is 11.4. The number of carbonyl (C=O) groups is 1. The van der Waals surface area contributed by atoms with Gasteiger partial charge in [-0.3, -0.25) is 9.69 Å². The lowest BCUT2D eigenvalue weighted by molar-refractivity contribution is -0.145. The van der Waals surface area contributed by atoms with Crippen LogP contribution in [-0.2, 0) is 31.0 Å². The Hall–Kier alpha value is -2.22. The summed E-state index contributed by atoms with van der Waals surface area (Å²) in [6.07, 6.45) is -1.62. The molecule has 4 rings (SSSR count). The van der Waals surface area contributed by atoms with Crippen LogP contribution in [0.25, 0.3) is 10.9 Å². The molecule has 0 bridgehead atoms. The second kappa shape index (κ2) is 9.68. The van der Waals surface area contributed by atoms with E-state index in [2.05, 4.69) is 4.90 Å². The Bertz CT molecular complexity index is 1290. The maximum atomic E-state index is 13.3. The molecule has 1 aliphatic heterocycles. The van der Waals surface area contributed by atoms with Gasteiger partial charge < -0.3 is 9.67 Å². The van der Waals surface area contributed by atoms with Crippen molar-refractivity contribution in [2.24, 2.45) is 18.9 Å². The minimum absolute atomic E-state index is 0.0343. The first-order chi connectivity index (χ1) is 16.4. The predicted octanol–water partition coefficient (Wildman–Crippen LogP) is 6.95. The van der Waals surface area contributed by atoms with Crippen molar-refractivity contribution in [2.45, 2.75) is 39.4 Å². The molecule has 0 radical (unpaired) electrons. The van der Waals surface area contributed by atoms with Crippen molar-refractivity contribution in [1.29, 1.82) is 0 Å². The molecular weight excluding hydrogens is 500 g/mol. The Balaban J connectivity index is 1.64. The van der Waals surface area contributed by atoms with Crippen LogP contribution in [0.4, 0.5) is 13.2 Å². The molecule has 35 heavy (non-hydrogen) atoms. The fourth-order valence-corrected chi connectivity index (χ4v) is 5.80. The molecule has 0 aliphatic carbocycles. The average molecular weight is 527 g/mol. The van der Waals surface area contributed by atoms with Crippen LogP contribution < -0.4 is 0 Å². The lowest BCUT2D eigenvalue weighted by Gasteiger charge is -2.35. The highest BCUT2D eigenvalue weighted by atomic mass is 35.5. The van der Waals surface area contributed by atoms with Gasteiger partial charge in [0.05, 0.1) is 16.5 Å². The quantitative estimate of drug-likeness (QED) is 0.391. The van der Waals surface area contributed by atoms with E-state index in [1.54, 1.807) is 24.6 Å². The average Bonchev–Trinajstić information content (AvgIpc) is 3.08. The van der Waals surface area contributed by atoms with Gasteiger partial charge in [-0.05, 0) is 66.3 Å². The number of aliphatic carboxylic acids is 1. The molecule has 9 heteroatoms. The SMILES string of the molecule is Cc1cc(C(F)(F)F)cc2c1c(Cc1c(Cl)ccc(CN3CC[C@@H](C(=O)O)[C@@H](C)C3)c1Cl)cn2C. The Labute approximate surface area is 212 Å². The highest BCUT2D eigenvalue weighted by Crippen LogP contribution is 2.38. The van der Waals surface area contributed by atoms with Crippen LogP contribution in [0.2, 0.25) is 10.0 Å². The first kappa shape index (κ1) is 25.9. The lowest BCUT2D eigenvalue weighted by Crippen LogP contribution is -2.41. The third-order valence-corrected chi connectivity index (χ3v) is 7.85. The molecule has 1 N–H and O–H groups in total. The largest absolute Gasteiger partial charge is 0.481 e. The highest BCUT2D eigenvalue weighted by Gasteiger charge is 2.33. The van der Waals surface area contributed by atoms with Gasteiger partial charge in [-0.2, -0.15) is 13.2 Å². The van der Waals surface area contributed by atoms with Crippen molar-refractivity contribution >= 4 is 40.1 Å². The van der Waals surface area contributed by atoms with Crippen LogP contribution in [0.1, 0.15) is 41.2 Å². The number of nitrogens with zero attached hydrogens (tertiary/aromatic N) is 2. The summed E-state index contributed by atoms with van der Waals surface area (Å²) >= 11 is 13.4. The molecule has 1 aromatic heterocycles. The zero-order valence-electron chi connectivity index (χ0n) is 19.7. The van der Waals surface area contributed by atoms with Crippen LogP contribution in [0.3, 0.4) is 0 Å². The van der Waals surface area contributed by atoms with E-state index in [0.717, 1.165) is 22.1 Å². The molecule has 1 saturated heterocycles. The third-order valence-electron chi connectivity index (χ3n) is 7.03. The van der Waals surface area contributed by atoms with Crippen LogP contribution in [0.5, 0.6) is 0 Å². The smallest absolute Gasteiger partial charge is 0.416 e. The zero-order chi connectivity index (χ0) is 25.7. The second-order valence-electron chi connectivity index (χ2n) is 9.57. The fraction of sp³-hybridized carbons (Fsp3) is 0.423. The Morgan fingerprint density at radius 1 is 1.20 bits per heavy atom. The Morgan fingerprint density at radius 3 is 2.54 bits per heavy atom. The van der Waals surface area contributed by atoms with Gasteiger partial charge in [0.25, 0.3) is 0 Å². The van der Waals surface area contributed by atoms with Crippen LogP contribution in [0, 0.1) is 18.8 Å². The van der Waals surface area contributed by atoms with E-state index in [1.165, 1.54) is 12.1 Å². The number of likely N-dealkylation sites (tertiary alicyclic amines) is 1. The summed E-state index contributed by atoms with van der Waals surface area (Å²) in [7, 11) is 1.73. The predicted molar refractivity (Wildman–Crippen MR) is 132 cm³/mol. The fourth-order valence-electron chi connectivity index (χ4n) is 5.23. The summed E-state index contributed by atoms with van der Waals surface area (Å²) in [6, 6.07) is 6.03. The van der Waals surface area contributed by atoms with Crippen LogP contribution >= 0.6 is 23.2 Å². The molecule has 2 atom stereocenters. The summed E-state index contributed by atoms with van der Waals surface area (Å²) in [6.45, 7) is 5.54. The van der Waals surface area contributed by atoms with E-state index in [4.69, 9.17) is 23.2 Å². The van der Waals surface area contributed by atoms with Crippen molar-refractivity contribution < 1.29 is 23.1 Å². The van der Waals surface area contributed by atoms with E-state index < -0.39 is 17.7 Å². The van der Waals surface area contributed by atoms with Crippen molar-refractivity contribution in [3.05, 3.63) is 68.3 Å². The number of aromatic nitrogens is 1. The number of rotatable bonds is 5. The molecule has 3 aromatic rings. The second-order valence-corrected chi connectivity index (χ2v) is 10.4. The number of aryl methyl sites for hydroxylation is 2. The normalized spacial score (nSPS) is 19.4. The number of benzene rings is 2. The van der Waals surface area contributed by atoms with Crippen LogP contribution in [-0.4, -0.2) is 33.6 Å². The van der Waals surface area contributed by atoms with Gasteiger partial charge in [0, 0.05) is 48.7 Å². The number of fused-ring (bicyclic) bond motifs is 1. The highest BCUT2D eigenvalue weighted by molar-refractivity contribution is 6.36. The van der Waals surface area contributed by atoms with Crippen LogP contribution in [0.15, 0.2) is 30.5 Å². The molecule has 1 aliphatic rings. The number of carboxylic acid groups (broad SMARTS) is 1.